The molecule has 0 spiro atoms. The van der Waals surface area contributed by atoms with E-state index in [2.05, 4.69) is 28.0 Å². The highest BCUT2D eigenvalue weighted by Gasteiger charge is 2.12. The van der Waals surface area contributed by atoms with E-state index >= 15 is 0 Å². The summed E-state index contributed by atoms with van der Waals surface area (Å²) in [5.74, 6) is 2.31. The maximum atomic E-state index is 5.78. The smallest absolute Gasteiger partial charge is 0.225 e. The summed E-state index contributed by atoms with van der Waals surface area (Å²) in [6, 6.07) is 0.427. The summed E-state index contributed by atoms with van der Waals surface area (Å²) >= 11 is 7.61. The number of aromatic nitrogens is 2. The van der Waals surface area contributed by atoms with Crippen LogP contribution < -0.4 is 4.90 Å². The van der Waals surface area contributed by atoms with Crippen LogP contribution in [0.1, 0.15) is 18.2 Å². The van der Waals surface area contributed by atoms with Gasteiger partial charge in [0.25, 0.3) is 0 Å². The van der Waals surface area contributed by atoms with Crippen molar-refractivity contribution in [1.82, 2.24) is 9.97 Å². The van der Waals surface area contributed by atoms with Crippen LogP contribution >= 0.6 is 23.4 Å². The van der Waals surface area contributed by atoms with Crippen molar-refractivity contribution in [1.29, 1.82) is 0 Å². The Balaban J connectivity index is 2.84. The first-order valence-corrected chi connectivity index (χ1v) is 7.13. The van der Waals surface area contributed by atoms with E-state index in [9.17, 15) is 0 Å². The molecule has 1 aromatic heterocycles. The maximum absolute atomic E-state index is 5.78. The molecule has 0 fully saturated rings. The lowest BCUT2D eigenvalue weighted by Gasteiger charge is -2.24. The number of rotatable bonds is 5. The van der Waals surface area contributed by atoms with Crippen molar-refractivity contribution in [3.8, 4) is 0 Å². The molecule has 0 aromatic carbocycles. The van der Waals surface area contributed by atoms with Crippen LogP contribution in [0.5, 0.6) is 0 Å². The number of alkyl halides is 1. The Bertz CT molecular complexity index is 346. The lowest BCUT2D eigenvalue weighted by atomic mass is 10.3. The Hall–Kier alpha value is -0.480. The van der Waals surface area contributed by atoms with Gasteiger partial charge < -0.3 is 4.90 Å². The third-order valence-corrected chi connectivity index (χ3v) is 3.70. The largest absolute Gasteiger partial charge is 0.340 e. The zero-order chi connectivity index (χ0) is 12.1. The van der Waals surface area contributed by atoms with Crippen LogP contribution in [0.15, 0.2) is 6.20 Å². The monoisotopic (exact) mass is 259 g/mol. The zero-order valence-electron chi connectivity index (χ0n) is 10.2. The summed E-state index contributed by atoms with van der Waals surface area (Å²) in [5.41, 5.74) is 1.96. The van der Waals surface area contributed by atoms with Crippen molar-refractivity contribution in [3.63, 3.8) is 0 Å². The van der Waals surface area contributed by atoms with Crippen molar-refractivity contribution in [2.45, 2.75) is 25.8 Å². The molecule has 0 radical (unpaired) electrons. The number of hydrogen-bond acceptors (Lipinski definition) is 4. The zero-order valence-corrected chi connectivity index (χ0v) is 11.8. The van der Waals surface area contributed by atoms with Crippen LogP contribution in [0.3, 0.4) is 0 Å². The minimum atomic E-state index is 0.427. The SMILES string of the molecule is CSCC(C)N(C)c1ncc(CCl)c(C)n1. The quantitative estimate of drug-likeness (QED) is 0.761. The van der Waals surface area contributed by atoms with Crippen molar-refractivity contribution >= 4 is 29.3 Å². The molecule has 0 bridgehead atoms. The van der Waals surface area contributed by atoms with E-state index in [4.69, 9.17) is 11.6 Å². The van der Waals surface area contributed by atoms with Crippen LogP contribution in [0.25, 0.3) is 0 Å². The Kier molecular flexibility index (Phi) is 5.35. The molecule has 0 amide bonds. The highest BCUT2D eigenvalue weighted by atomic mass is 35.5. The van der Waals surface area contributed by atoms with Gasteiger partial charge in [0.1, 0.15) is 0 Å². The fourth-order valence-corrected chi connectivity index (χ4v) is 2.30. The molecule has 90 valence electrons. The summed E-state index contributed by atoms with van der Waals surface area (Å²) in [5, 5.41) is 0. The van der Waals surface area contributed by atoms with Crippen LogP contribution in [-0.2, 0) is 5.88 Å². The highest BCUT2D eigenvalue weighted by Crippen LogP contribution is 2.15. The second-order valence-corrected chi connectivity index (χ2v) is 5.01. The molecular formula is C11H18ClN3S. The summed E-state index contributed by atoms with van der Waals surface area (Å²) < 4.78 is 0. The van der Waals surface area contributed by atoms with Gasteiger partial charge in [0.05, 0.1) is 5.88 Å². The Labute approximate surface area is 107 Å². The fourth-order valence-electron chi connectivity index (χ4n) is 1.33. The predicted octanol–water partition coefficient (Wildman–Crippen LogP) is 2.71. The molecule has 5 heteroatoms. The molecule has 1 aromatic rings. The lowest BCUT2D eigenvalue weighted by Crippen LogP contribution is -2.32. The molecule has 16 heavy (non-hydrogen) atoms. The van der Waals surface area contributed by atoms with Gasteiger partial charge in [-0.15, -0.1) is 11.6 Å². The van der Waals surface area contributed by atoms with E-state index in [1.165, 1.54) is 0 Å². The minimum Gasteiger partial charge on any atom is -0.340 e. The van der Waals surface area contributed by atoms with Crippen molar-refractivity contribution in [2.75, 3.05) is 24.0 Å². The van der Waals surface area contributed by atoms with Crippen LogP contribution in [0.2, 0.25) is 0 Å². The predicted molar refractivity (Wildman–Crippen MR) is 72.6 cm³/mol. The van der Waals surface area contributed by atoms with Crippen molar-refractivity contribution in [3.05, 3.63) is 17.5 Å². The second kappa shape index (κ2) is 6.30. The molecule has 1 heterocycles. The van der Waals surface area contributed by atoms with Gasteiger partial charge in [0, 0.05) is 36.3 Å². The first-order chi connectivity index (χ1) is 7.60. The molecule has 0 saturated carbocycles. The van der Waals surface area contributed by atoms with Gasteiger partial charge >= 0.3 is 0 Å². The third-order valence-electron chi connectivity index (χ3n) is 2.60. The van der Waals surface area contributed by atoms with Gasteiger partial charge in [-0.05, 0) is 20.1 Å². The molecule has 0 N–H and O–H groups in total. The van der Waals surface area contributed by atoms with Crippen LogP contribution in [0.4, 0.5) is 5.95 Å². The molecular weight excluding hydrogens is 242 g/mol. The second-order valence-electron chi connectivity index (χ2n) is 3.83. The molecule has 1 unspecified atom stereocenters. The number of anilines is 1. The first kappa shape index (κ1) is 13.6. The molecule has 0 saturated heterocycles. The van der Waals surface area contributed by atoms with Gasteiger partial charge in [-0.1, -0.05) is 0 Å². The minimum absolute atomic E-state index is 0.427. The van der Waals surface area contributed by atoms with Crippen molar-refractivity contribution in [2.24, 2.45) is 0 Å². The van der Waals surface area contributed by atoms with Gasteiger partial charge in [-0.25, -0.2) is 9.97 Å². The summed E-state index contributed by atoms with van der Waals surface area (Å²) in [7, 11) is 2.02. The molecule has 1 atom stereocenters. The van der Waals surface area contributed by atoms with Gasteiger partial charge in [-0.2, -0.15) is 11.8 Å². The van der Waals surface area contributed by atoms with Gasteiger partial charge in [0.2, 0.25) is 5.95 Å². The number of aryl methyl sites for hydroxylation is 1. The molecule has 0 aliphatic carbocycles. The van der Waals surface area contributed by atoms with E-state index in [0.717, 1.165) is 23.0 Å². The standard InChI is InChI=1S/C11H18ClN3S/c1-8(7-16-4)15(3)11-13-6-10(5-12)9(2)14-11/h6,8H,5,7H2,1-4H3. The molecule has 0 aliphatic heterocycles. The third kappa shape index (κ3) is 3.25. The summed E-state index contributed by atoms with van der Waals surface area (Å²) in [4.78, 5) is 10.9. The molecule has 0 aliphatic rings. The summed E-state index contributed by atoms with van der Waals surface area (Å²) in [6.45, 7) is 4.14. The normalized spacial score (nSPS) is 12.6. The van der Waals surface area contributed by atoms with E-state index in [1.54, 1.807) is 0 Å². The molecule has 3 nitrogen and oxygen atoms in total. The van der Waals surface area contributed by atoms with E-state index in [0.29, 0.717) is 11.9 Å². The fraction of sp³-hybridized carbons (Fsp3) is 0.636. The lowest BCUT2D eigenvalue weighted by molar-refractivity contribution is 0.735. The Morgan fingerprint density at radius 3 is 2.75 bits per heavy atom. The first-order valence-electron chi connectivity index (χ1n) is 5.20. The van der Waals surface area contributed by atoms with E-state index in [-0.39, 0.29) is 0 Å². The topological polar surface area (TPSA) is 29.0 Å². The van der Waals surface area contributed by atoms with Crippen LogP contribution in [-0.4, -0.2) is 35.1 Å². The average Bonchev–Trinajstić information content (AvgIpc) is 2.28. The van der Waals surface area contributed by atoms with E-state index < -0.39 is 0 Å². The van der Waals surface area contributed by atoms with Gasteiger partial charge in [-0.3, -0.25) is 0 Å². The number of halogens is 1. The summed E-state index contributed by atoms with van der Waals surface area (Å²) in [6.07, 6.45) is 3.92. The Morgan fingerprint density at radius 2 is 2.25 bits per heavy atom. The van der Waals surface area contributed by atoms with E-state index in [1.807, 2.05) is 31.9 Å². The highest BCUT2D eigenvalue weighted by molar-refractivity contribution is 7.98. The average molecular weight is 260 g/mol. The molecule has 1 rings (SSSR count). The number of thioether (sulfide) groups is 1. The number of hydrogen-bond donors (Lipinski definition) is 0. The Morgan fingerprint density at radius 1 is 1.56 bits per heavy atom. The van der Waals surface area contributed by atoms with Gasteiger partial charge in [0.15, 0.2) is 0 Å². The maximum Gasteiger partial charge on any atom is 0.225 e. The number of nitrogens with zero attached hydrogens (tertiary/aromatic N) is 3. The van der Waals surface area contributed by atoms with Crippen LogP contribution in [0, 0.1) is 6.92 Å². The van der Waals surface area contributed by atoms with Crippen molar-refractivity contribution < 1.29 is 0 Å².